The van der Waals surface area contributed by atoms with Crippen LogP contribution in [0.5, 0.6) is 5.75 Å². The van der Waals surface area contributed by atoms with Crippen LogP contribution in [0.2, 0.25) is 0 Å². The average Bonchev–Trinajstić information content (AvgIpc) is 3.23. The van der Waals surface area contributed by atoms with E-state index in [4.69, 9.17) is 4.74 Å². The van der Waals surface area contributed by atoms with Crippen molar-refractivity contribution in [1.29, 1.82) is 0 Å². The molecular formula is C19H19N3O5S2. The number of amides is 1. The third-order valence-corrected chi connectivity index (χ3v) is 7.24. The summed E-state index contributed by atoms with van der Waals surface area (Å²) in [7, 11) is -0.755. The van der Waals surface area contributed by atoms with E-state index in [0.717, 1.165) is 23.3 Å². The number of nitrogens with zero attached hydrogens (tertiary/aromatic N) is 2. The molecule has 1 fully saturated rings. The molecule has 1 N–H and O–H groups in total. The van der Waals surface area contributed by atoms with Crippen LogP contribution in [0.25, 0.3) is 10.2 Å². The molecule has 8 nitrogen and oxygen atoms in total. The van der Waals surface area contributed by atoms with Crippen LogP contribution in [0, 0.1) is 0 Å². The van der Waals surface area contributed by atoms with E-state index in [9.17, 15) is 18.0 Å². The zero-order chi connectivity index (χ0) is 20.8. The molecule has 0 saturated carbocycles. The summed E-state index contributed by atoms with van der Waals surface area (Å²) in [6.45, 7) is 0.524. The number of nitrogens with one attached hydrogen (secondary N) is 1. The molecule has 29 heavy (non-hydrogen) atoms. The number of rotatable bonds is 5. The van der Waals surface area contributed by atoms with E-state index in [1.807, 2.05) is 0 Å². The number of anilines is 2. The number of aromatic nitrogens is 1. The van der Waals surface area contributed by atoms with Gasteiger partial charge in [-0.25, -0.2) is 8.42 Å². The Bertz CT molecular complexity index is 1280. The van der Waals surface area contributed by atoms with E-state index in [2.05, 4.69) is 4.72 Å². The van der Waals surface area contributed by atoms with Crippen molar-refractivity contribution in [2.24, 2.45) is 7.05 Å². The molecule has 0 bridgehead atoms. The second-order valence-electron chi connectivity index (χ2n) is 6.70. The van der Waals surface area contributed by atoms with Crippen LogP contribution in [-0.4, -0.2) is 32.5 Å². The Hall–Kier alpha value is -2.85. The first-order valence-corrected chi connectivity index (χ1v) is 11.2. The van der Waals surface area contributed by atoms with E-state index in [1.165, 1.54) is 23.8 Å². The fourth-order valence-corrected chi connectivity index (χ4v) is 5.35. The number of ether oxygens (including phenoxy) is 1. The van der Waals surface area contributed by atoms with Crippen LogP contribution in [0.15, 0.2) is 46.1 Å². The molecule has 1 saturated heterocycles. The van der Waals surface area contributed by atoms with Gasteiger partial charge in [0.2, 0.25) is 5.91 Å². The van der Waals surface area contributed by atoms with E-state index < -0.39 is 10.0 Å². The molecule has 0 radical (unpaired) electrons. The summed E-state index contributed by atoms with van der Waals surface area (Å²) in [6.07, 6.45) is 1.15. The number of carbonyl (C=O) groups excluding carboxylic acids is 1. The van der Waals surface area contributed by atoms with Gasteiger partial charge in [-0.15, -0.1) is 0 Å². The summed E-state index contributed by atoms with van der Waals surface area (Å²) in [6, 6.07) is 9.37. The summed E-state index contributed by atoms with van der Waals surface area (Å²) in [5.74, 6) is 0.380. The Morgan fingerprint density at radius 2 is 1.93 bits per heavy atom. The van der Waals surface area contributed by atoms with Gasteiger partial charge in [-0.05, 0) is 42.8 Å². The molecule has 10 heteroatoms. The lowest BCUT2D eigenvalue weighted by atomic mass is 10.2. The Balaban J connectivity index is 1.70. The molecule has 2 aromatic carbocycles. The van der Waals surface area contributed by atoms with Crippen LogP contribution in [0.4, 0.5) is 11.4 Å². The Morgan fingerprint density at radius 1 is 1.14 bits per heavy atom. The van der Waals surface area contributed by atoms with Crippen molar-refractivity contribution >= 4 is 48.9 Å². The molecule has 1 aliphatic rings. The molecule has 1 amide bonds. The smallest absolute Gasteiger partial charge is 0.307 e. The summed E-state index contributed by atoms with van der Waals surface area (Å²) < 4.78 is 35.9. The van der Waals surface area contributed by atoms with Crippen molar-refractivity contribution in [3.63, 3.8) is 0 Å². The second-order valence-corrected chi connectivity index (χ2v) is 9.37. The van der Waals surface area contributed by atoms with Gasteiger partial charge in [-0.2, -0.15) is 0 Å². The van der Waals surface area contributed by atoms with Gasteiger partial charge in [0, 0.05) is 20.0 Å². The highest BCUT2D eigenvalue weighted by atomic mass is 32.2. The van der Waals surface area contributed by atoms with Crippen LogP contribution >= 0.6 is 11.3 Å². The van der Waals surface area contributed by atoms with Gasteiger partial charge in [0.15, 0.2) is 0 Å². The Morgan fingerprint density at radius 3 is 2.62 bits per heavy atom. The number of fused-ring (bicyclic) bond motifs is 1. The maximum atomic E-state index is 12.9. The molecule has 2 heterocycles. The molecular weight excluding hydrogens is 414 g/mol. The first-order chi connectivity index (χ1) is 13.8. The predicted molar refractivity (Wildman–Crippen MR) is 112 cm³/mol. The highest BCUT2D eigenvalue weighted by molar-refractivity contribution is 7.92. The number of thiazole rings is 1. The minimum absolute atomic E-state index is 0.0225. The Labute approximate surface area is 171 Å². The Kier molecular flexibility index (Phi) is 4.83. The lowest BCUT2D eigenvalue weighted by Crippen LogP contribution is -2.24. The van der Waals surface area contributed by atoms with Crippen molar-refractivity contribution < 1.29 is 17.9 Å². The summed E-state index contributed by atoms with van der Waals surface area (Å²) in [5, 5.41) is 0. The quantitative estimate of drug-likeness (QED) is 0.667. The molecule has 1 aromatic heterocycles. The van der Waals surface area contributed by atoms with Gasteiger partial charge in [0.05, 0.1) is 33.6 Å². The molecule has 4 rings (SSSR count). The molecule has 152 valence electrons. The fraction of sp³-hybridized carbons (Fsp3) is 0.263. The SMILES string of the molecule is COc1ccc(S(=O)(=O)Nc2ccc3c(c2)sc(=O)n3C)cc1N1CCCC1=O. The molecule has 0 atom stereocenters. The summed E-state index contributed by atoms with van der Waals surface area (Å²) in [5.41, 5.74) is 1.53. The van der Waals surface area contributed by atoms with E-state index in [1.54, 1.807) is 36.2 Å². The maximum absolute atomic E-state index is 12.9. The van der Waals surface area contributed by atoms with Gasteiger partial charge < -0.3 is 14.2 Å². The molecule has 0 spiro atoms. The van der Waals surface area contributed by atoms with Crippen molar-refractivity contribution in [1.82, 2.24) is 4.57 Å². The average molecular weight is 434 g/mol. The first-order valence-electron chi connectivity index (χ1n) is 8.91. The summed E-state index contributed by atoms with van der Waals surface area (Å²) in [4.78, 5) is 25.4. The number of hydrogen-bond acceptors (Lipinski definition) is 6. The summed E-state index contributed by atoms with van der Waals surface area (Å²) >= 11 is 1.05. The maximum Gasteiger partial charge on any atom is 0.307 e. The number of benzene rings is 2. The molecule has 0 aliphatic carbocycles. The van der Waals surface area contributed by atoms with Crippen molar-refractivity contribution in [3.8, 4) is 5.75 Å². The zero-order valence-corrected chi connectivity index (χ0v) is 17.5. The van der Waals surface area contributed by atoms with Gasteiger partial charge in [0.25, 0.3) is 10.0 Å². The zero-order valence-electron chi connectivity index (χ0n) is 15.8. The number of hydrogen-bond donors (Lipinski definition) is 1. The van der Waals surface area contributed by atoms with Gasteiger partial charge in [-0.3, -0.25) is 14.3 Å². The number of carbonyl (C=O) groups is 1. The third-order valence-electron chi connectivity index (χ3n) is 4.87. The highest BCUT2D eigenvalue weighted by Gasteiger charge is 2.26. The second kappa shape index (κ2) is 7.20. The highest BCUT2D eigenvalue weighted by Crippen LogP contribution is 2.34. The van der Waals surface area contributed by atoms with Crippen LogP contribution < -0.4 is 19.2 Å². The predicted octanol–water partition coefficient (Wildman–Crippen LogP) is 2.54. The van der Waals surface area contributed by atoms with Crippen molar-refractivity contribution in [2.75, 3.05) is 23.3 Å². The first kappa shape index (κ1) is 19.5. The number of aryl methyl sites for hydroxylation is 1. The molecule has 1 aliphatic heterocycles. The number of methoxy groups -OCH3 is 1. The number of sulfonamides is 1. The largest absolute Gasteiger partial charge is 0.495 e. The van der Waals surface area contributed by atoms with Crippen molar-refractivity contribution in [2.45, 2.75) is 17.7 Å². The van der Waals surface area contributed by atoms with E-state index >= 15 is 0 Å². The van der Waals surface area contributed by atoms with Gasteiger partial charge in [0.1, 0.15) is 5.75 Å². The van der Waals surface area contributed by atoms with Gasteiger partial charge >= 0.3 is 4.87 Å². The van der Waals surface area contributed by atoms with Crippen LogP contribution in [-0.2, 0) is 21.9 Å². The normalized spacial score (nSPS) is 14.6. The minimum Gasteiger partial charge on any atom is -0.495 e. The lowest BCUT2D eigenvalue weighted by molar-refractivity contribution is -0.117. The fourth-order valence-electron chi connectivity index (χ4n) is 3.36. The third kappa shape index (κ3) is 3.49. The van der Waals surface area contributed by atoms with E-state index in [0.29, 0.717) is 34.8 Å². The topological polar surface area (TPSA) is 97.7 Å². The van der Waals surface area contributed by atoms with Crippen molar-refractivity contribution in [3.05, 3.63) is 46.1 Å². The molecule has 3 aromatic rings. The molecule has 0 unspecified atom stereocenters. The van der Waals surface area contributed by atoms with Crippen LogP contribution in [0.3, 0.4) is 0 Å². The monoisotopic (exact) mass is 433 g/mol. The lowest BCUT2D eigenvalue weighted by Gasteiger charge is -2.20. The standard InChI is InChI=1S/C19H19N3O5S2/c1-21-14-7-5-12(10-17(14)28-19(21)24)20-29(25,26)13-6-8-16(27-2)15(11-13)22-9-3-4-18(22)23/h5-8,10-11,20H,3-4,9H2,1-2H3. The van der Waals surface area contributed by atoms with Gasteiger partial charge in [-0.1, -0.05) is 11.3 Å². The minimum atomic E-state index is -3.90. The van der Waals surface area contributed by atoms with E-state index in [-0.39, 0.29) is 15.7 Å². The van der Waals surface area contributed by atoms with Crippen LogP contribution in [0.1, 0.15) is 12.8 Å².